The Morgan fingerprint density at radius 1 is 1.00 bits per heavy atom. The fraction of sp³-hybridized carbons (Fsp3) is 0.222. The normalized spacial score (nSPS) is 14.4. The van der Waals surface area contributed by atoms with Crippen LogP contribution in [0, 0.1) is 6.92 Å². The zero-order valence-electron chi connectivity index (χ0n) is 14.8. The van der Waals surface area contributed by atoms with E-state index in [9.17, 15) is 31.2 Å². The van der Waals surface area contributed by atoms with Gasteiger partial charge in [0.2, 0.25) is 10.0 Å². The number of carbonyl (C=O) groups excluding carboxylic acids is 2. The number of aryl methyl sites for hydroxylation is 1. The molecule has 0 aromatic heterocycles. The van der Waals surface area contributed by atoms with Crippen LogP contribution >= 0.6 is 0 Å². The zero-order chi connectivity index (χ0) is 20.9. The lowest BCUT2D eigenvalue weighted by Crippen LogP contribution is -2.29. The second-order valence-corrected chi connectivity index (χ2v) is 8.22. The van der Waals surface area contributed by atoms with Crippen molar-refractivity contribution in [1.29, 1.82) is 0 Å². The number of rotatable bonds is 4. The van der Waals surface area contributed by atoms with Gasteiger partial charge in [-0.05, 0) is 49.7 Å². The molecule has 1 aliphatic heterocycles. The first-order valence-corrected chi connectivity index (χ1v) is 9.81. The molecule has 0 bridgehead atoms. The summed E-state index contributed by atoms with van der Waals surface area (Å²) in [5, 5.41) is 0. The Balaban J connectivity index is 2.02. The number of alkyl halides is 3. The van der Waals surface area contributed by atoms with Crippen molar-refractivity contribution in [2.24, 2.45) is 0 Å². The van der Waals surface area contributed by atoms with E-state index in [1.807, 2.05) is 0 Å². The lowest BCUT2D eigenvalue weighted by Gasteiger charge is -2.17. The molecule has 6 nitrogen and oxygen atoms in total. The molecule has 1 aliphatic rings. The third-order valence-electron chi connectivity index (χ3n) is 4.32. The Labute approximate surface area is 159 Å². The number of benzene rings is 2. The van der Waals surface area contributed by atoms with E-state index in [1.165, 1.54) is 44.2 Å². The molecule has 0 saturated heterocycles. The number of nitrogens with one attached hydrogen (secondary N) is 1. The average molecular weight is 412 g/mol. The van der Waals surface area contributed by atoms with E-state index in [-0.39, 0.29) is 33.8 Å². The summed E-state index contributed by atoms with van der Waals surface area (Å²) in [5.74, 6) is -1.79. The van der Waals surface area contributed by atoms with Gasteiger partial charge < -0.3 is 0 Å². The number of carbonyl (C=O) groups is 2. The molecule has 148 valence electrons. The smallest absolute Gasteiger partial charge is 0.284 e. The molecule has 28 heavy (non-hydrogen) atoms. The summed E-state index contributed by atoms with van der Waals surface area (Å²) < 4.78 is 65.1. The Morgan fingerprint density at radius 3 is 2.25 bits per heavy atom. The first-order valence-electron chi connectivity index (χ1n) is 8.16. The zero-order valence-corrected chi connectivity index (χ0v) is 15.6. The van der Waals surface area contributed by atoms with E-state index in [4.69, 9.17) is 0 Å². The van der Waals surface area contributed by atoms with Gasteiger partial charge in [0.05, 0.1) is 28.1 Å². The minimum atomic E-state index is -4.63. The second kappa shape index (κ2) is 6.62. The summed E-state index contributed by atoms with van der Waals surface area (Å²) >= 11 is 0. The summed E-state index contributed by atoms with van der Waals surface area (Å²) in [7, 11) is -3.60. The van der Waals surface area contributed by atoms with E-state index in [0.717, 1.165) is 6.07 Å². The highest BCUT2D eigenvalue weighted by Crippen LogP contribution is 2.37. The van der Waals surface area contributed by atoms with Crippen molar-refractivity contribution in [2.45, 2.75) is 20.0 Å². The van der Waals surface area contributed by atoms with Crippen molar-refractivity contribution >= 4 is 33.2 Å². The van der Waals surface area contributed by atoms with Crippen molar-refractivity contribution in [1.82, 2.24) is 0 Å². The van der Waals surface area contributed by atoms with E-state index in [2.05, 4.69) is 4.72 Å². The topological polar surface area (TPSA) is 83.6 Å². The van der Waals surface area contributed by atoms with Gasteiger partial charge in [-0.15, -0.1) is 0 Å². The first kappa shape index (κ1) is 19.9. The highest BCUT2D eigenvalue weighted by molar-refractivity contribution is 7.92. The number of imide groups is 1. The van der Waals surface area contributed by atoms with Crippen LogP contribution < -0.4 is 9.62 Å². The van der Waals surface area contributed by atoms with Gasteiger partial charge in [0, 0.05) is 5.69 Å². The van der Waals surface area contributed by atoms with Crippen LogP contribution in [-0.4, -0.2) is 26.0 Å². The fourth-order valence-corrected chi connectivity index (χ4v) is 3.48. The minimum Gasteiger partial charge on any atom is -0.284 e. The number of nitrogens with zero attached hydrogens (tertiary/aromatic N) is 1. The third kappa shape index (κ3) is 3.47. The van der Waals surface area contributed by atoms with Crippen molar-refractivity contribution in [3.05, 3.63) is 58.7 Å². The largest absolute Gasteiger partial charge is 0.416 e. The van der Waals surface area contributed by atoms with Crippen LogP contribution in [0.15, 0.2) is 36.4 Å². The number of halogens is 3. The first-order chi connectivity index (χ1) is 12.9. The van der Waals surface area contributed by atoms with E-state index in [1.54, 1.807) is 0 Å². The monoisotopic (exact) mass is 412 g/mol. The summed E-state index contributed by atoms with van der Waals surface area (Å²) in [6.07, 6.45) is -4.63. The van der Waals surface area contributed by atoms with Crippen molar-refractivity contribution < 1.29 is 31.2 Å². The average Bonchev–Trinajstić information content (AvgIpc) is 2.85. The quantitative estimate of drug-likeness (QED) is 0.779. The minimum absolute atomic E-state index is 0.0152. The summed E-state index contributed by atoms with van der Waals surface area (Å²) in [6.45, 7) is 2.71. The van der Waals surface area contributed by atoms with Gasteiger partial charge in [-0.25, -0.2) is 13.3 Å². The van der Waals surface area contributed by atoms with Crippen molar-refractivity contribution in [2.75, 3.05) is 15.4 Å². The van der Waals surface area contributed by atoms with Gasteiger partial charge >= 0.3 is 6.18 Å². The van der Waals surface area contributed by atoms with Crippen LogP contribution in [-0.2, 0) is 16.2 Å². The van der Waals surface area contributed by atoms with Gasteiger partial charge in [-0.1, -0.05) is 6.07 Å². The number of hydrogen-bond acceptors (Lipinski definition) is 4. The number of fused-ring (bicyclic) bond motifs is 1. The molecule has 2 aromatic carbocycles. The number of hydrogen-bond donors (Lipinski definition) is 1. The van der Waals surface area contributed by atoms with E-state index >= 15 is 0 Å². The molecule has 0 fully saturated rings. The summed E-state index contributed by atoms with van der Waals surface area (Å²) in [6, 6.07) is 6.97. The Bertz CT molecular complexity index is 1090. The van der Waals surface area contributed by atoms with Crippen molar-refractivity contribution in [3.63, 3.8) is 0 Å². The van der Waals surface area contributed by atoms with Gasteiger partial charge in [-0.2, -0.15) is 13.2 Å². The molecular formula is C18H15F3N2O4S. The van der Waals surface area contributed by atoms with Crippen LogP contribution in [0.3, 0.4) is 0 Å². The van der Waals surface area contributed by atoms with Gasteiger partial charge in [-0.3, -0.25) is 14.3 Å². The standard InChI is InChI=1S/C18H15F3N2O4S/c1-3-28(26,27)22-11-5-7-13-14(8-11)17(25)23(16(13)24)12-6-4-10(2)15(9-12)18(19,20)21/h4-9,22H,3H2,1-2H3. The molecule has 3 rings (SSSR count). The predicted molar refractivity (Wildman–Crippen MR) is 96.8 cm³/mol. The van der Waals surface area contributed by atoms with Gasteiger partial charge in [0.1, 0.15) is 0 Å². The number of sulfonamides is 1. The van der Waals surface area contributed by atoms with Crippen LogP contribution in [0.4, 0.5) is 24.5 Å². The lowest BCUT2D eigenvalue weighted by atomic mass is 10.1. The molecule has 10 heteroatoms. The van der Waals surface area contributed by atoms with E-state index < -0.39 is 33.6 Å². The van der Waals surface area contributed by atoms with Gasteiger partial charge in [0.15, 0.2) is 0 Å². The molecule has 0 spiro atoms. The number of amides is 2. The number of anilines is 2. The molecular weight excluding hydrogens is 397 g/mol. The van der Waals surface area contributed by atoms with Crippen molar-refractivity contribution in [3.8, 4) is 0 Å². The van der Waals surface area contributed by atoms with Gasteiger partial charge in [0.25, 0.3) is 11.8 Å². The highest BCUT2D eigenvalue weighted by atomic mass is 32.2. The Morgan fingerprint density at radius 2 is 1.64 bits per heavy atom. The van der Waals surface area contributed by atoms with Crippen LogP contribution in [0.25, 0.3) is 0 Å². The molecule has 0 aliphatic carbocycles. The lowest BCUT2D eigenvalue weighted by molar-refractivity contribution is -0.138. The Hall–Kier alpha value is -2.88. The molecule has 0 saturated carbocycles. The molecule has 2 amide bonds. The maximum absolute atomic E-state index is 13.2. The van der Waals surface area contributed by atoms with Crippen LogP contribution in [0.1, 0.15) is 38.8 Å². The second-order valence-electron chi connectivity index (χ2n) is 6.21. The maximum Gasteiger partial charge on any atom is 0.416 e. The molecule has 1 heterocycles. The molecule has 2 aromatic rings. The highest BCUT2D eigenvalue weighted by Gasteiger charge is 2.39. The SMILES string of the molecule is CCS(=O)(=O)Nc1ccc2c(c1)C(=O)N(c1ccc(C)c(C(F)(F)F)c1)C2=O. The maximum atomic E-state index is 13.2. The summed E-state index contributed by atoms with van der Waals surface area (Å²) in [5.41, 5.74) is -1.21. The molecule has 0 radical (unpaired) electrons. The fourth-order valence-electron chi connectivity index (χ4n) is 2.85. The molecule has 0 unspecified atom stereocenters. The summed E-state index contributed by atoms with van der Waals surface area (Å²) in [4.78, 5) is 25.9. The third-order valence-corrected chi connectivity index (χ3v) is 5.63. The Kier molecular flexibility index (Phi) is 4.70. The van der Waals surface area contributed by atoms with E-state index in [0.29, 0.717) is 4.90 Å². The van der Waals surface area contributed by atoms with Crippen LogP contribution in [0.5, 0.6) is 0 Å². The molecule has 0 atom stereocenters. The molecule has 1 N–H and O–H groups in total. The predicted octanol–water partition coefficient (Wildman–Crippen LogP) is 3.58. The van der Waals surface area contributed by atoms with Crippen LogP contribution in [0.2, 0.25) is 0 Å².